The first-order valence-corrected chi connectivity index (χ1v) is 6.09. The molecule has 0 saturated carbocycles. The highest BCUT2D eigenvalue weighted by molar-refractivity contribution is 5.90. The standard InChI is InChI=1S/C14H15FN2O2/c1-3-4-17-8-10(7-16-17)11-6-12(14(18)19)13(15)5-9(11)2/h5-8H,3-4H2,1-2H3,(H,18,19). The van der Waals surface area contributed by atoms with Gasteiger partial charge in [0.15, 0.2) is 0 Å². The van der Waals surface area contributed by atoms with Crippen LogP contribution < -0.4 is 0 Å². The number of benzene rings is 1. The van der Waals surface area contributed by atoms with E-state index >= 15 is 0 Å². The van der Waals surface area contributed by atoms with Crippen molar-refractivity contribution < 1.29 is 14.3 Å². The van der Waals surface area contributed by atoms with E-state index in [1.807, 2.05) is 13.1 Å². The van der Waals surface area contributed by atoms with Gasteiger partial charge in [0.05, 0.1) is 11.8 Å². The Bertz CT molecular complexity index is 620. The van der Waals surface area contributed by atoms with Crippen LogP contribution in [0.15, 0.2) is 24.5 Å². The van der Waals surface area contributed by atoms with Gasteiger partial charge >= 0.3 is 5.97 Å². The molecule has 0 unspecified atom stereocenters. The van der Waals surface area contributed by atoms with E-state index < -0.39 is 11.8 Å². The molecule has 0 spiro atoms. The molecule has 19 heavy (non-hydrogen) atoms. The van der Waals surface area contributed by atoms with Crippen molar-refractivity contribution in [1.82, 2.24) is 9.78 Å². The fourth-order valence-electron chi connectivity index (χ4n) is 2.00. The summed E-state index contributed by atoms with van der Waals surface area (Å²) in [5.41, 5.74) is 1.87. The third kappa shape index (κ3) is 2.65. The number of aryl methyl sites for hydroxylation is 2. The number of halogens is 1. The highest BCUT2D eigenvalue weighted by Gasteiger charge is 2.15. The van der Waals surface area contributed by atoms with E-state index in [2.05, 4.69) is 5.10 Å². The zero-order valence-corrected chi connectivity index (χ0v) is 10.9. The first-order valence-electron chi connectivity index (χ1n) is 6.09. The summed E-state index contributed by atoms with van der Waals surface area (Å²) in [6, 6.07) is 2.61. The quantitative estimate of drug-likeness (QED) is 0.921. The van der Waals surface area contributed by atoms with E-state index in [-0.39, 0.29) is 5.56 Å². The summed E-state index contributed by atoms with van der Waals surface area (Å²) in [5, 5.41) is 13.2. The van der Waals surface area contributed by atoms with Gasteiger partial charge < -0.3 is 5.11 Å². The first kappa shape index (κ1) is 13.3. The van der Waals surface area contributed by atoms with E-state index in [0.29, 0.717) is 11.1 Å². The van der Waals surface area contributed by atoms with Crippen LogP contribution in [0.1, 0.15) is 29.3 Å². The molecule has 1 heterocycles. The minimum absolute atomic E-state index is 0.316. The van der Waals surface area contributed by atoms with Crippen LogP contribution in [0.5, 0.6) is 0 Å². The molecular formula is C14H15FN2O2. The van der Waals surface area contributed by atoms with Crippen molar-refractivity contribution in [3.8, 4) is 11.1 Å². The van der Waals surface area contributed by atoms with Gasteiger partial charge in [-0.3, -0.25) is 4.68 Å². The lowest BCUT2D eigenvalue weighted by Crippen LogP contribution is -2.02. The van der Waals surface area contributed by atoms with Gasteiger partial charge in [0.1, 0.15) is 5.82 Å². The van der Waals surface area contributed by atoms with Crippen molar-refractivity contribution in [3.05, 3.63) is 41.5 Å². The molecule has 0 saturated heterocycles. The lowest BCUT2D eigenvalue weighted by molar-refractivity contribution is 0.0692. The molecule has 100 valence electrons. The smallest absolute Gasteiger partial charge is 0.338 e. The molecule has 5 heteroatoms. The van der Waals surface area contributed by atoms with Crippen LogP contribution in [-0.4, -0.2) is 20.9 Å². The fraction of sp³-hybridized carbons (Fsp3) is 0.286. The molecule has 2 rings (SSSR count). The van der Waals surface area contributed by atoms with Crippen LogP contribution in [0.2, 0.25) is 0 Å². The largest absolute Gasteiger partial charge is 0.478 e. The number of carbonyl (C=O) groups is 1. The highest BCUT2D eigenvalue weighted by Crippen LogP contribution is 2.26. The molecule has 0 bridgehead atoms. The van der Waals surface area contributed by atoms with Crippen molar-refractivity contribution >= 4 is 5.97 Å². The van der Waals surface area contributed by atoms with Gasteiger partial charge in [-0.05, 0) is 36.6 Å². The maximum atomic E-state index is 13.5. The number of nitrogens with zero attached hydrogens (tertiary/aromatic N) is 2. The lowest BCUT2D eigenvalue weighted by Gasteiger charge is -2.06. The molecule has 0 aliphatic carbocycles. The monoisotopic (exact) mass is 262 g/mol. The van der Waals surface area contributed by atoms with E-state index in [1.54, 1.807) is 17.8 Å². The number of carboxylic acid groups (broad SMARTS) is 1. The van der Waals surface area contributed by atoms with Crippen molar-refractivity contribution in [3.63, 3.8) is 0 Å². The van der Waals surface area contributed by atoms with Gasteiger partial charge in [0.25, 0.3) is 0 Å². The van der Waals surface area contributed by atoms with Crippen LogP contribution in [0.3, 0.4) is 0 Å². The Hall–Kier alpha value is -2.17. The summed E-state index contributed by atoms with van der Waals surface area (Å²) >= 11 is 0. The summed E-state index contributed by atoms with van der Waals surface area (Å²) in [5.74, 6) is -1.98. The van der Waals surface area contributed by atoms with Gasteiger partial charge in [-0.2, -0.15) is 5.10 Å². The minimum Gasteiger partial charge on any atom is -0.478 e. The SMILES string of the molecule is CCCn1cc(-c2cc(C(=O)O)c(F)cc2C)cn1. The lowest BCUT2D eigenvalue weighted by atomic mass is 10.00. The summed E-state index contributed by atoms with van der Waals surface area (Å²) in [6.07, 6.45) is 4.47. The molecule has 1 N–H and O–H groups in total. The molecule has 1 aromatic heterocycles. The van der Waals surface area contributed by atoms with Crippen molar-refractivity contribution in [1.29, 1.82) is 0 Å². The second kappa shape index (κ2) is 5.22. The van der Waals surface area contributed by atoms with E-state index in [4.69, 9.17) is 5.11 Å². The van der Waals surface area contributed by atoms with Crippen LogP contribution in [0.25, 0.3) is 11.1 Å². The molecule has 0 aliphatic heterocycles. The maximum absolute atomic E-state index is 13.5. The summed E-state index contributed by atoms with van der Waals surface area (Å²) in [6.45, 7) is 4.60. The van der Waals surface area contributed by atoms with Gasteiger partial charge in [-0.25, -0.2) is 9.18 Å². The van der Waals surface area contributed by atoms with E-state index in [9.17, 15) is 9.18 Å². The summed E-state index contributed by atoms with van der Waals surface area (Å²) < 4.78 is 15.3. The molecule has 0 amide bonds. The van der Waals surface area contributed by atoms with Gasteiger partial charge in [-0.15, -0.1) is 0 Å². The number of aromatic carboxylic acids is 1. The second-order valence-electron chi connectivity index (χ2n) is 4.44. The summed E-state index contributed by atoms with van der Waals surface area (Å²) in [4.78, 5) is 11.0. The highest BCUT2D eigenvalue weighted by atomic mass is 19.1. The molecule has 0 radical (unpaired) electrons. The molecule has 0 fully saturated rings. The average molecular weight is 262 g/mol. The number of hydrogen-bond acceptors (Lipinski definition) is 2. The molecule has 2 aromatic rings. The third-order valence-electron chi connectivity index (χ3n) is 2.94. The number of hydrogen-bond donors (Lipinski definition) is 1. The summed E-state index contributed by atoms with van der Waals surface area (Å²) in [7, 11) is 0. The van der Waals surface area contributed by atoms with Crippen molar-refractivity contribution in [2.75, 3.05) is 0 Å². The van der Waals surface area contributed by atoms with E-state index in [1.165, 1.54) is 12.1 Å². The zero-order chi connectivity index (χ0) is 14.0. The normalized spacial score (nSPS) is 10.7. The van der Waals surface area contributed by atoms with Crippen LogP contribution in [0.4, 0.5) is 4.39 Å². The Morgan fingerprint density at radius 3 is 2.84 bits per heavy atom. The van der Waals surface area contributed by atoms with Gasteiger partial charge in [0.2, 0.25) is 0 Å². The van der Waals surface area contributed by atoms with Gasteiger partial charge in [0, 0.05) is 18.3 Å². The molecule has 4 nitrogen and oxygen atoms in total. The molecule has 1 aromatic carbocycles. The molecule has 0 atom stereocenters. The number of carboxylic acids is 1. The Labute approximate surface area is 110 Å². The Kier molecular flexibility index (Phi) is 3.64. The van der Waals surface area contributed by atoms with Gasteiger partial charge in [-0.1, -0.05) is 6.92 Å². The van der Waals surface area contributed by atoms with Crippen LogP contribution in [0, 0.1) is 12.7 Å². The van der Waals surface area contributed by atoms with E-state index in [0.717, 1.165) is 18.5 Å². The van der Waals surface area contributed by atoms with Crippen molar-refractivity contribution in [2.45, 2.75) is 26.8 Å². The number of aromatic nitrogens is 2. The number of rotatable bonds is 4. The first-order chi connectivity index (χ1) is 9.02. The predicted molar refractivity (Wildman–Crippen MR) is 69.6 cm³/mol. The maximum Gasteiger partial charge on any atom is 0.338 e. The molecular weight excluding hydrogens is 247 g/mol. The third-order valence-corrected chi connectivity index (χ3v) is 2.94. The van der Waals surface area contributed by atoms with Crippen LogP contribution >= 0.6 is 0 Å². The van der Waals surface area contributed by atoms with Crippen molar-refractivity contribution in [2.24, 2.45) is 0 Å². The Balaban J connectivity index is 2.48. The fourth-order valence-corrected chi connectivity index (χ4v) is 2.00. The zero-order valence-electron chi connectivity index (χ0n) is 10.9. The van der Waals surface area contributed by atoms with Crippen LogP contribution in [-0.2, 0) is 6.54 Å². The average Bonchev–Trinajstić information content (AvgIpc) is 2.77. The second-order valence-corrected chi connectivity index (χ2v) is 4.44. The minimum atomic E-state index is -1.26. The Morgan fingerprint density at radius 2 is 2.21 bits per heavy atom. The topological polar surface area (TPSA) is 55.1 Å². The Morgan fingerprint density at radius 1 is 1.47 bits per heavy atom. The molecule has 0 aliphatic rings. The predicted octanol–water partition coefficient (Wildman–Crippen LogP) is 3.11.